The molecule has 1 aliphatic carbocycles. The van der Waals surface area contributed by atoms with E-state index in [1.165, 1.54) is 19.0 Å². The molecule has 1 N–H and O–H groups in total. The van der Waals surface area contributed by atoms with Crippen molar-refractivity contribution >= 4 is 23.2 Å². The van der Waals surface area contributed by atoms with Gasteiger partial charge in [-0.05, 0) is 42.7 Å². The number of hydrogen-bond donors (Lipinski definition) is 1. The molecule has 1 saturated heterocycles. The van der Waals surface area contributed by atoms with Gasteiger partial charge in [-0.3, -0.25) is 9.59 Å². The van der Waals surface area contributed by atoms with Gasteiger partial charge in [0.2, 0.25) is 11.8 Å². The molecular weight excluding hydrogens is 374 g/mol. The molecule has 0 atom stereocenters. The van der Waals surface area contributed by atoms with Crippen molar-refractivity contribution < 1.29 is 9.59 Å². The van der Waals surface area contributed by atoms with Gasteiger partial charge < -0.3 is 15.1 Å². The van der Waals surface area contributed by atoms with E-state index in [1.54, 1.807) is 0 Å². The Bertz CT molecular complexity index is 865. The summed E-state index contributed by atoms with van der Waals surface area (Å²) in [7, 11) is 0. The molecule has 5 heteroatoms. The van der Waals surface area contributed by atoms with Crippen LogP contribution < -0.4 is 10.2 Å². The van der Waals surface area contributed by atoms with Crippen molar-refractivity contribution in [3.63, 3.8) is 0 Å². The van der Waals surface area contributed by atoms with Gasteiger partial charge in [0.25, 0.3) is 0 Å². The lowest BCUT2D eigenvalue weighted by molar-refractivity contribution is -0.139. The van der Waals surface area contributed by atoms with Gasteiger partial charge in [-0.15, -0.1) is 0 Å². The van der Waals surface area contributed by atoms with Crippen molar-refractivity contribution in [3.8, 4) is 0 Å². The van der Waals surface area contributed by atoms with Crippen molar-refractivity contribution in [1.29, 1.82) is 0 Å². The van der Waals surface area contributed by atoms with E-state index in [9.17, 15) is 9.59 Å². The number of nitrogens with one attached hydrogen (secondary N) is 1. The zero-order valence-corrected chi connectivity index (χ0v) is 17.8. The number of rotatable bonds is 4. The van der Waals surface area contributed by atoms with Gasteiger partial charge in [-0.25, -0.2) is 0 Å². The minimum absolute atomic E-state index is 0.0810. The predicted octanol–water partition coefficient (Wildman–Crippen LogP) is 4.20. The molecule has 1 heterocycles. The van der Waals surface area contributed by atoms with E-state index in [4.69, 9.17) is 0 Å². The van der Waals surface area contributed by atoms with Gasteiger partial charge in [0.15, 0.2) is 0 Å². The number of hydrogen-bond acceptors (Lipinski definition) is 3. The molecule has 5 nitrogen and oxygen atoms in total. The minimum atomic E-state index is -0.429. The molecule has 0 bridgehead atoms. The zero-order valence-electron chi connectivity index (χ0n) is 17.8. The fourth-order valence-electron chi connectivity index (χ4n) is 4.97. The Labute approximate surface area is 179 Å². The molecular formula is C25H31N3O2. The average Bonchev–Trinajstić information content (AvgIpc) is 2.80. The van der Waals surface area contributed by atoms with Gasteiger partial charge in [0.1, 0.15) is 0 Å². The molecule has 2 aliphatic rings. The molecule has 2 aromatic carbocycles. The van der Waals surface area contributed by atoms with Crippen LogP contribution in [0.15, 0.2) is 54.6 Å². The molecule has 30 heavy (non-hydrogen) atoms. The first kappa shape index (κ1) is 20.5. The minimum Gasteiger partial charge on any atom is -0.368 e. The summed E-state index contributed by atoms with van der Waals surface area (Å²) in [6, 6.07) is 18.4. The third-order valence-corrected chi connectivity index (χ3v) is 6.56. The Morgan fingerprint density at radius 1 is 0.833 bits per heavy atom. The van der Waals surface area contributed by atoms with Crippen LogP contribution in [0.2, 0.25) is 0 Å². The average molecular weight is 406 g/mol. The highest BCUT2D eigenvalue weighted by atomic mass is 16.2. The van der Waals surface area contributed by atoms with E-state index in [1.807, 2.05) is 30.3 Å². The van der Waals surface area contributed by atoms with E-state index in [0.29, 0.717) is 0 Å². The number of anilines is 2. The number of carbonyl (C=O) groups is 2. The molecule has 158 valence electrons. The van der Waals surface area contributed by atoms with Gasteiger partial charge in [0, 0.05) is 44.5 Å². The van der Waals surface area contributed by atoms with Crippen LogP contribution in [-0.2, 0) is 15.0 Å². The molecule has 0 aromatic heterocycles. The summed E-state index contributed by atoms with van der Waals surface area (Å²) in [6.07, 6.45) is 5.18. The summed E-state index contributed by atoms with van der Waals surface area (Å²) in [5.41, 5.74) is 2.67. The summed E-state index contributed by atoms with van der Waals surface area (Å²) in [6.45, 7) is 4.77. The highest BCUT2D eigenvalue weighted by molar-refractivity contribution is 5.90. The maximum Gasteiger partial charge on any atom is 0.233 e. The number of carbonyl (C=O) groups excluding carboxylic acids is 2. The van der Waals surface area contributed by atoms with Gasteiger partial charge in [0.05, 0.1) is 5.41 Å². The molecule has 1 aliphatic heterocycles. The lowest BCUT2D eigenvalue weighted by atomic mass is 9.68. The molecule has 1 saturated carbocycles. The van der Waals surface area contributed by atoms with Crippen molar-refractivity contribution in [2.75, 3.05) is 36.4 Å². The van der Waals surface area contributed by atoms with Crippen LogP contribution >= 0.6 is 0 Å². The molecule has 4 rings (SSSR count). The zero-order chi connectivity index (χ0) is 21.0. The molecule has 2 amide bonds. The fourth-order valence-corrected chi connectivity index (χ4v) is 4.97. The van der Waals surface area contributed by atoms with Gasteiger partial charge in [-0.2, -0.15) is 0 Å². The summed E-state index contributed by atoms with van der Waals surface area (Å²) in [5.74, 6) is 0.199. The normalized spacial score (nSPS) is 18.7. The topological polar surface area (TPSA) is 52.7 Å². The third kappa shape index (κ3) is 4.20. The third-order valence-electron chi connectivity index (χ3n) is 6.56. The number of piperazine rings is 1. The van der Waals surface area contributed by atoms with Gasteiger partial charge in [-0.1, -0.05) is 49.6 Å². The van der Waals surface area contributed by atoms with E-state index >= 15 is 0 Å². The lowest BCUT2D eigenvalue weighted by Gasteiger charge is -2.43. The maximum atomic E-state index is 13.8. The largest absolute Gasteiger partial charge is 0.368 e. The predicted molar refractivity (Wildman–Crippen MR) is 121 cm³/mol. The van der Waals surface area contributed by atoms with Crippen LogP contribution in [0.5, 0.6) is 0 Å². The van der Waals surface area contributed by atoms with Crippen LogP contribution in [0.25, 0.3) is 0 Å². The van der Waals surface area contributed by atoms with Crippen LogP contribution in [-0.4, -0.2) is 42.9 Å². The summed E-state index contributed by atoms with van der Waals surface area (Å²) in [4.78, 5) is 29.6. The summed E-state index contributed by atoms with van der Waals surface area (Å²) < 4.78 is 0. The van der Waals surface area contributed by atoms with E-state index in [-0.39, 0.29) is 11.8 Å². The first-order valence-electron chi connectivity index (χ1n) is 11.1. The van der Waals surface area contributed by atoms with Crippen molar-refractivity contribution in [2.45, 2.75) is 44.4 Å². The first-order valence-corrected chi connectivity index (χ1v) is 11.1. The summed E-state index contributed by atoms with van der Waals surface area (Å²) >= 11 is 0. The number of para-hydroxylation sites is 1. The molecule has 0 radical (unpaired) electrons. The SMILES string of the molecule is CC(=O)Nc1ccc(C2(C(=O)N3CCN(c4ccccc4)CC3)CCCCC2)cc1. The first-order chi connectivity index (χ1) is 14.6. The second-order valence-electron chi connectivity index (χ2n) is 8.52. The number of benzene rings is 2. The monoisotopic (exact) mass is 405 g/mol. The second-order valence-corrected chi connectivity index (χ2v) is 8.52. The van der Waals surface area contributed by atoms with Crippen LogP contribution in [0, 0.1) is 0 Å². The fraction of sp³-hybridized carbons (Fsp3) is 0.440. The standard InChI is InChI=1S/C25H31N3O2/c1-20(29)26-22-12-10-21(11-13-22)25(14-6-3-7-15-25)24(30)28-18-16-27(17-19-28)23-8-4-2-5-9-23/h2,4-5,8-13H,3,6-7,14-19H2,1H3,(H,26,29). The molecule has 2 fully saturated rings. The maximum absolute atomic E-state index is 13.8. The van der Waals surface area contributed by atoms with Crippen LogP contribution in [0.1, 0.15) is 44.6 Å². The molecule has 0 spiro atoms. The second kappa shape index (κ2) is 8.90. The highest BCUT2D eigenvalue weighted by Crippen LogP contribution is 2.41. The van der Waals surface area contributed by atoms with Crippen molar-refractivity contribution in [2.24, 2.45) is 0 Å². The quantitative estimate of drug-likeness (QED) is 0.830. The van der Waals surface area contributed by atoms with E-state index in [2.05, 4.69) is 39.4 Å². The Hall–Kier alpha value is -2.82. The Morgan fingerprint density at radius 2 is 1.47 bits per heavy atom. The Morgan fingerprint density at radius 3 is 2.07 bits per heavy atom. The highest BCUT2D eigenvalue weighted by Gasteiger charge is 2.44. The lowest BCUT2D eigenvalue weighted by Crippen LogP contribution is -2.55. The molecule has 2 aromatic rings. The van der Waals surface area contributed by atoms with Gasteiger partial charge >= 0.3 is 0 Å². The van der Waals surface area contributed by atoms with Crippen molar-refractivity contribution in [1.82, 2.24) is 4.90 Å². The van der Waals surface area contributed by atoms with E-state index < -0.39 is 5.41 Å². The Balaban J connectivity index is 1.51. The van der Waals surface area contributed by atoms with Crippen molar-refractivity contribution in [3.05, 3.63) is 60.2 Å². The van der Waals surface area contributed by atoms with Crippen LogP contribution in [0.3, 0.4) is 0 Å². The number of nitrogens with zero attached hydrogens (tertiary/aromatic N) is 2. The number of amides is 2. The van der Waals surface area contributed by atoms with Crippen LogP contribution in [0.4, 0.5) is 11.4 Å². The smallest absolute Gasteiger partial charge is 0.233 e. The Kier molecular flexibility index (Phi) is 6.07. The molecule has 0 unspecified atom stereocenters. The van der Waals surface area contributed by atoms with E-state index in [0.717, 1.165) is 63.1 Å². The summed E-state index contributed by atoms with van der Waals surface area (Å²) in [5, 5.41) is 2.82.